The lowest BCUT2D eigenvalue weighted by atomic mass is 10.2. The largest absolute Gasteiger partial charge is 0.490 e. The number of hydrogen-bond acceptors (Lipinski definition) is 12. The first-order valence-electron chi connectivity index (χ1n) is 11.6. The minimum atomic E-state index is -5.72. The van der Waals surface area contributed by atoms with Gasteiger partial charge in [0.2, 0.25) is 0 Å². The first kappa shape index (κ1) is 34.5. The van der Waals surface area contributed by atoms with Gasteiger partial charge in [0, 0.05) is 36.2 Å². The molecule has 1 aliphatic rings. The number of phosphoric acid groups is 3. The summed E-state index contributed by atoms with van der Waals surface area (Å²) in [5.74, 6) is 0. The average molecular weight is 637 g/mol. The van der Waals surface area contributed by atoms with Crippen molar-refractivity contribution in [1.29, 1.82) is 0 Å². The lowest BCUT2D eigenvalue weighted by Gasteiger charge is -2.21. The summed E-state index contributed by atoms with van der Waals surface area (Å²) in [6, 6.07) is 0. The molecule has 2 heterocycles. The van der Waals surface area contributed by atoms with Gasteiger partial charge in [0.05, 0.1) is 12.7 Å². The minimum Gasteiger partial charge on any atom is -0.355 e. The molecule has 0 bridgehead atoms. The van der Waals surface area contributed by atoms with E-state index < -0.39 is 59.8 Å². The van der Waals surface area contributed by atoms with Gasteiger partial charge in [0.25, 0.3) is 5.56 Å². The van der Waals surface area contributed by atoms with E-state index in [9.17, 15) is 33.1 Å². The molecule has 20 nitrogen and oxygen atoms in total. The van der Waals surface area contributed by atoms with Gasteiger partial charge in [-0.15, -0.1) is 0 Å². The molecule has 5 N–H and O–H groups in total. The minimum absolute atomic E-state index is 0.0153. The summed E-state index contributed by atoms with van der Waals surface area (Å²) in [7, 11) is -16.7. The van der Waals surface area contributed by atoms with Crippen LogP contribution >= 0.6 is 23.5 Å². The predicted octanol–water partition coefficient (Wildman–Crippen LogP) is 1.71. The maximum Gasteiger partial charge on any atom is 0.490 e. The lowest BCUT2D eigenvalue weighted by molar-refractivity contribution is -0.118. The van der Waals surface area contributed by atoms with Gasteiger partial charge in [0.15, 0.2) is 0 Å². The molecule has 23 heteroatoms. The second-order valence-electron chi connectivity index (χ2n) is 8.33. The Morgan fingerprint density at radius 1 is 1.12 bits per heavy atom. The molecule has 5 atom stereocenters. The molecule has 1 aromatic rings. The summed E-state index contributed by atoms with van der Waals surface area (Å²) in [6.45, 7) is 1.12. The third-order valence-electron chi connectivity index (χ3n) is 5.18. The fourth-order valence-electron chi connectivity index (χ4n) is 3.45. The molecule has 2 rings (SSSR count). The number of ether oxygens (including phenoxy) is 3. The predicted molar refractivity (Wildman–Crippen MR) is 133 cm³/mol. The zero-order valence-electron chi connectivity index (χ0n) is 21.1. The topological polar surface area (TPSA) is 291 Å². The summed E-state index contributed by atoms with van der Waals surface area (Å²) in [6.07, 6.45) is 1.17. The second-order valence-corrected chi connectivity index (χ2v) is 12.8. The van der Waals surface area contributed by atoms with Crippen molar-refractivity contribution in [2.24, 2.45) is 5.11 Å². The summed E-state index contributed by atoms with van der Waals surface area (Å²) >= 11 is 0. The van der Waals surface area contributed by atoms with Crippen LogP contribution in [0, 0.1) is 6.92 Å². The van der Waals surface area contributed by atoms with E-state index in [0.717, 1.165) is 23.8 Å². The van der Waals surface area contributed by atoms with E-state index in [1.807, 2.05) is 0 Å². The SMILES string of the molecule is Cc1cn([C@H]2C[C@H](OCOCCCCCCN=[N+]=[N-])[C@@H](COP(=O)(O)OP(=O)(O)OP(=O)(O)O)O2)c(=O)[nH]c1=O. The van der Waals surface area contributed by atoms with E-state index in [2.05, 4.69) is 28.2 Å². The summed E-state index contributed by atoms with van der Waals surface area (Å²) in [5.41, 5.74) is 7.02. The number of aromatic amines is 1. The summed E-state index contributed by atoms with van der Waals surface area (Å²) in [4.78, 5) is 65.1. The van der Waals surface area contributed by atoms with Gasteiger partial charge in [-0.3, -0.25) is 18.9 Å². The van der Waals surface area contributed by atoms with Crippen molar-refractivity contribution < 1.29 is 60.6 Å². The molecule has 228 valence electrons. The van der Waals surface area contributed by atoms with E-state index in [0.29, 0.717) is 19.6 Å². The number of H-pyrrole nitrogens is 1. The fourth-order valence-corrected chi connectivity index (χ4v) is 6.48. The molecule has 40 heavy (non-hydrogen) atoms. The normalized spacial score (nSPS) is 22.4. The van der Waals surface area contributed by atoms with Crippen LogP contribution in [-0.2, 0) is 41.1 Å². The zero-order valence-corrected chi connectivity index (χ0v) is 23.8. The highest BCUT2D eigenvalue weighted by molar-refractivity contribution is 7.66. The highest BCUT2D eigenvalue weighted by atomic mass is 31.3. The quantitative estimate of drug-likeness (QED) is 0.0382. The number of nitrogens with zero attached hydrogens (tertiary/aromatic N) is 4. The summed E-state index contributed by atoms with van der Waals surface area (Å²) in [5, 5.41) is 3.44. The lowest BCUT2D eigenvalue weighted by Crippen LogP contribution is -2.33. The first-order valence-corrected chi connectivity index (χ1v) is 16.1. The number of unbranched alkanes of at least 4 members (excludes halogenated alkanes) is 3. The standard InChI is InChI=1S/C17H30N5O15P3/c1-12-9-22(17(24)20-16(12)23)15-8-13(33-11-32-7-5-3-2-4-6-19-21-18)14(35-15)10-34-39(28,29)37-40(30,31)36-38(25,26)27/h9,13-15H,2-8,10-11H2,1H3,(H,28,29)(H,30,31)(H,20,23,24)(H2,25,26,27)/t13-,14+,15+/m0/s1. The third kappa shape index (κ3) is 12.4. The van der Waals surface area contributed by atoms with Gasteiger partial charge in [-0.2, -0.15) is 8.62 Å². The Hall–Kier alpha value is -1.72. The Kier molecular flexibility index (Phi) is 13.4. The molecule has 1 aliphatic heterocycles. The Balaban J connectivity index is 2.00. The molecule has 2 unspecified atom stereocenters. The molecule has 0 radical (unpaired) electrons. The van der Waals surface area contributed by atoms with Crippen LogP contribution < -0.4 is 11.2 Å². The average Bonchev–Trinajstić information content (AvgIpc) is 3.21. The van der Waals surface area contributed by atoms with Crippen molar-refractivity contribution in [1.82, 2.24) is 9.55 Å². The van der Waals surface area contributed by atoms with Gasteiger partial charge in [0.1, 0.15) is 19.1 Å². The van der Waals surface area contributed by atoms with Gasteiger partial charge in [-0.25, -0.2) is 18.5 Å². The van der Waals surface area contributed by atoms with Crippen LogP contribution in [0.25, 0.3) is 10.4 Å². The second kappa shape index (κ2) is 15.5. The fraction of sp³-hybridized carbons (Fsp3) is 0.765. The van der Waals surface area contributed by atoms with Crippen LogP contribution in [0.5, 0.6) is 0 Å². The number of azide groups is 1. The van der Waals surface area contributed by atoms with Gasteiger partial charge >= 0.3 is 29.2 Å². The number of nitrogens with one attached hydrogen (secondary N) is 1. The molecule has 1 aromatic heterocycles. The van der Waals surface area contributed by atoms with Crippen LogP contribution in [0.4, 0.5) is 0 Å². The molecular weight excluding hydrogens is 607 g/mol. The van der Waals surface area contributed by atoms with E-state index in [-0.39, 0.29) is 18.8 Å². The third-order valence-corrected chi connectivity index (χ3v) is 8.98. The number of phosphoric ester groups is 1. The van der Waals surface area contributed by atoms with Crippen LogP contribution in [0.15, 0.2) is 20.9 Å². The molecule has 1 fully saturated rings. The van der Waals surface area contributed by atoms with Gasteiger partial charge in [-0.05, 0) is 25.3 Å². The van der Waals surface area contributed by atoms with E-state index in [4.69, 9.17) is 29.5 Å². The molecule has 0 aliphatic carbocycles. The molecule has 1 saturated heterocycles. The van der Waals surface area contributed by atoms with Crippen molar-refractivity contribution in [2.75, 3.05) is 26.6 Å². The van der Waals surface area contributed by atoms with Crippen LogP contribution in [0.3, 0.4) is 0 Å². The molecule has 0 spiro atoms. The van der Waals surface area contributed by atoms with Crippen molar-refractivity contribution in [3.63, 3.8) is 0 Å². The van der Waals surface area contributed by atoms with Crippen LogP contribution in [-0.4, -0.2) is 67.9 Å². The Labute approximate surface area is 226 Å². The number of aromatic nitrogens is 2. The Morgan fingerprint density at radius 3 is 2.50 bits per heavy atom. The Morgan fingerprint density at radius 2 is 1.82 bits per heavy atom. The molecular formula is C17H30N5O15P3. The first-order chi connectivity index (χ1) is 18.6. The van der Waals surface area contributed by atoms with Gasteiger partial charge < -0.3 is 33.8 Å². The number of rotatable bonds is 18. The maximum atomic E-state index is 12.3. The summed E-state index contributed by atoms with van der Waals surface area (Å²) < 4.78 is 64.3. The van der Waals surface area contributed by atoms with E-state index >= 15 is 0 Å². The van der Waals surface area contributed by atoms with E-state index in [1.165, 1.54) is 13.1 Å². The zero-order chi connectivity index (χ0) is 30.0. The van der Waals surface area contributed by atoms with Gasteiger partial charge in [-0.1, -0.05) is 18.0 Å². The highest BCUT2D eigenvalue weighted by Crippen LogP contribution is 2.66. The molecule has 0 aromatic carbocycles. The van der Waals surface area contributed by atoms with Crippen molar-refractivity contribution in [3.05, 3.63) is 43.0 Å². The van der Waals surface area contributed by atoms with Crippen molar-refractivity contribution in [3.8, 4) is 0 Å². The van der Waals surface area contributed by atoms with Crippen molar-refractivity contribution >= 4 is 23.5 Å². The highest BCUT2D eigenvalue weighted by Gasteiger charge is 2.43. The van der Waals surface area contributed by atoms with Crippen LogP contribution in [0.2, 0.25) is 0 Å². The smallest absolute Gasteiger partial charge is 0.355 e. The molecule has 0 saturated carbocycles. The monoisotopic (exact) mass is 637 g/mol. The number of aryl methyl sites for hydroxylation is 1. The Bertz CT molecular complexity index is 1290. The maximum absolute atomic E-state index is 12.3. The number of hydrogen-bond donors (Lipinski definition) is 5. The van der Waals surface area contributed by atoms with Crippen LogP contribution in [0.1, 0.15) is 43.9 Å². The van der Waals surface area contributed by atoms with E-state index in [1.54, 1.807) is 0 Å². The van der Waals surface area contributed by atoms with Crippen molar-refractivity contribution in [2.45, 2.75) is 57.5 Å². The molecule has 0 amide bonds.